The maximum absolute atomic E-state index is 8.77. The fourth-order valence-electron chi connectivity index (χ4n) is 2.20. The highest BCUT2D eigenvalue weighted by molar-refractivity contribution is 6.31. The lowest BCUT2D eigenvalue weighted by atomic mass is 10.0. The average Bonchev–Trinajstić information content (AvgIpc) is 2.78. The monoisotopic (exact) mass is 264 g/mol. The summed E-state index contributed by atoms with van der Waals surface area (Å²) in [5.74, 6) is 0. The largest absolute Gasteiger partial charge is 0.374 e. The molecule has 1 aromatic carbocycles. The minimum Gasteiger partial charge on any atom is -0.374 e. The molecule has 0 amide bonds. The summed E-state index contributed by atoms with van der Waals surface area (Å²) in [4.78, 5) is 0. The van der Waals surface area contributed by atoms with Gasteiger partial charge in [0.15, 0.2) is 0 Å². The lowest BCUT2D eigenvalue weighted by Gasteiger charge is -2.23. The molecule has 0 spiro atoms. The number of rotatable bonds is 4. The Bertz CT molecular complexity index is 461. The molecule has 1 aliphatic rings. The molecule has 0 saturated carbocycles. The standard InChI is InChI=1S/C14H17ClN2O/c1-14(5-2-6-18-14)10-17-9-12-4-3-11(8-16)7-13(12)15/h3-4,7,17H,2,5-6,9-10H2,1H3. The third-order valence-corrected chi connectivity index (χ3v) is 3.65. The van der Waals surface area contributed by atoms with Crippen LogP contribution in [0.5, 0.6) is 0 Å². The molecule has 0 radical (unpaired) electrons. The quantitative estimate of drug-likeness (QED) is 0.910. The van der Waals surface area contributed by atoms with Crippen molar-refractivity contribution in [1.29, 1.82) is 5.26 Å². The van der Waals surface area contributed by atoms with Crippen molar-refractivity contribution in [3.05, 3.63) is 34.3 Å². The van der Waals surface area contributed by atoms with Gasteiger partial charge in [0, 0.05) is 24.7 Å². The number of hydrogen-bond acceptors (Lipinski definition) is 3. The van der Waals surface area contributed by atoms with Gasteiger partial charge in [-0.05, 0) is 37.5 Å². The van der Waals surface area contributed by atoms with Gasteiger partial charge in [0.05, 0.1) is 17.2 Å². The Balaban J connectivity index is 1.89. The van der Waals surface area contributed by atoms with Gasteiger partial charge in [-0.1, -0.05) is 17.7 Å². The smallest absolute Gasteiger partial charge is 0.0992 e. The van der Waals surface area contributed by atoms with E-state index in [2.05, 4.69) is 18.3 Å². The van der Waals surface area contributed by atoms with Crippen LogP contribution < -0.4 is 5.32 Å². The first kappa shape index (κ1) is 13.4. The van der Waals surface area contributed by atoms with Crippen LogP contribution in [0.2, 0.25) is 5.02 Å². The van der Waals surface area contributed by atoms with Gasteiger partial charge in [0.2, 0.25) is 0 Å². The van der Waals surface area contributed by atoms with Crippen molar-refractivity contribution in [3.8, 4) is 6.07 Å². The number of halogens is 1. The van der Waals surface area contributed by atoms with E-state index in [-0.39, 0.29) is 5.60 Å². The van der Waals surface area contributed by atoms with Crippen LogP contribution in [-0.2, 0) is 11.3 Å². The van der Waals surface area contributed by atoms with E-state index in [1.807, 2.05) is 6.07 Å². The Morgan fingerprint density at radius 1 is 1.56 bits per heavy atom. The van der Waals surface area contributed by atoms with Crippen LogP contribution in [0, 0.1) is 11.3 Å². The summed E-state index contributed by atoms with van der Waals surface area (Å²) in [5.41, 5.74) is 1.56. The predicted octanol–water partition coefficient (Wildman–Crippen LogP) is 2.87. The predicted molar refractivity (Wildman–Crippen MR) is 71.5 cm³/mol. The molecule has 3 nitrogen and oxygen atoms in total. The second kappa shape index (κ2) is 5.71. The van der Waals surface area contributed by atoms with Gasteiger partial charge in [-0.25, -0.2) is 0 Å². The van der Waals surface area contributed by atoms with Crippen LogP contribution in [0.15, 0.2) is 18.2 Å². The number of nitriles is 1. The second-order valence-electron chi connectivity index (χ2n) is 4.92. The Morgan fingerprint density at radius 2 is 2.39 bits per heavy atom. The summed E-state index contributed by atoms with van der Waals surface area (Å²) in [6.45, 7) is 4.51. The van der Waals surface area contributed by atoms with Gasteiger partial charge in [-0.15, -0.1) is 0 Å². The minimum absolute atomic E-state index is 0.0426. The van der Waals surface area contributed by atoms with E-state index in [1.54, 1.807) is 12.1 Å². The molecule has 1 fully saturated rings. The highest BCUT2D eigenvalue weighted by Gasteiger charge is 2.28. The van der Waals surface area contributed by atoms with Gasteiger partial charge in [-0.2, -0.15) is 5.26 Å². The molecule has 1 aromatic rings. The summed E-state index contributed by atoms with van der Waals surface area (Å²) in [7, 11) is 0. The molecule has 0 aliphatic carbocycles. The van der Waals surface area contributed by atoms with E-state index in [0.717, 1.165) is 31.6 Å². The van der Waals surface area contributed by atoms with Crippen molar-refractivity contribution < 1.29 is 4.74 Å². The second-order valence-corrected chi connectivity index (χ2v) is 5.33. The zero-order valence-corrected chi connectivity index (χ0v) is 11.3. The molecule has 1 heterocycles. The summed E-state index contributed by atoms with van der Waals surface area (Å²) in [5, 5.41) is 12.8. The van der Waals surface area contributed by atoms with Crippen molar-refractivity contribution in [1.82, 2.24) is 5.32 Å². The molecule has 4 heteroatoms. The van der Waals surface area contributed by atoms with E-state index in [1.165, 1.54) is 0 Å². The summed E-state index contributed by atoms with van der Waals surface area (Å²) in [6.07, 6.45) is 2.23. The SMILES string of the molecule is CC1(CNCc2ccc(C#N)cc2Cl)CCCO1. The number of nitrogens with zero attached hydrogens (tertiary/aromatic N) is 1. The first-order chi connectivity index (χ1) is 8.63. The maximum Gasteiger partial charge on any atom is 0.0992 e. The van der Waals surface area contributed by atoms with Crippen molar-refractivity contribution in [2.45, 2.75) is 31.9 Å². The van der Waals surface area contributed by atoms with Crippen LogP contribution in [-0.4, -0.2) is 18.8 Å². The van der Waals surface area contributed by atoms with E-state index < -0.39 is 0 Å². The molecular weight excluding hydrogens is 248 g/mol. The van der Waals surface area contributed by atoms with Crippen LogP contribution >= 0.6 is 11.6 Å². The molecule has 96 valence electrons. The van der Waals surface area contributed by atoms with Gasteiger partial charge >= 0.3 is 0 Å². The molecule has 2 rings (SSSR count). The zero-order chi connectivity index (χ0) is 13.0. The van der Waals surface area contributed by atoms with Crippen molar-refractivity contribution in [2.24, 2.45) is 0 Å². The number of hydrogen-bond donors (Lipinski definition) is 1. The zero-order valence-electron chi connectivity index (χ0n) is 10.5. The van der Waals surface area contributed by atoms with Gasteiger partial charge in [-0.3, -0.25) is 0 Å². The normalized spacial score (nSPS) is 22.9. The fraction of sp³-hybridized carbons (Fsp3) is 0.500. The minimum atomic E-state index is -0.0426. The highest BCUT2D eigenvalue weighted by Crippen LogP contribution is 2.24. The summed E-state index contributed by atoms with van der Waals surface area (Å²) < 4.78 is 5.71. The van der Waals surface area contributed by atoms with E-state index in [0.29, 0.717) is 17.1 Å². The van der Waals surface area contributed by atoms with Crippen LogP contribution in [0.4, 0.5) is 0 Å². The molecule has 1 atom stereocenters. The summed E-state index contributed by atoms with van der Waals surface area (Å²) >= 11 is 6.12. The van der Waals surface area contributed by atoms with Gasteiger partial charge in [0.25, 0.3) is 0 Å². The van der Waals surface area contributed by atoms with Crippen LogP contribution in [0.25, 0.3) is 0 Å². The molecule has 18 heavy (non-hydrogen) atoms. The first-order valence-corrected chi connectivity index (χ1v) is 6.54. The Labute approximate surface area is 113 Å². The third-order valence-electron chi connectivity index (χ3n) is 3.30. The molecule has 1 N–H and O–H groups in total. The Kier molecular flexibility index (Phi) is 4.23. The van der Waals surface area contributed by atoms with Crippen molar-refractivity contribution >= 4 is 11.6 Å². The van der Waals surface area contributed by atoms with Gasteiger partial charge in [0.1, 0.15) is 0 Å². The van der Waals surface area contributed by atoms with Crippen LogP contribution in [0.1, 0.15) is 30.9 Å². The fourth-order valence-corrected chi connectivity index (χ4v) is 2.45. The molecule has 0 bridgehead atoms. The lowest BCUT2D eigenvalue weighted by Crippen LogP contribution is -2.36. The van der Waals surface area contributed by atoms with Crippen molar-refractivity contribution in [3.63, 3.8) is 0 Å². The van der Waals surface area contributed by atoms with Crippen LogP contribution in [0.3, 0.4) is 0 Å². The first-order valence-electron chi connectivity index (χ1n) is 6.16. The number of ether oxygens (including phenoxy) is 1. The highest BCUT2D eigenvalue weighted by atomic mass is 35.5. The number of benzene rings is 1. The average molecular weight is 265 g/mol. The molecular formula is C14H17ClN2O. The van der Waals surface area contributed by atoms with E-state index >= 15 is 0 Å². The molecule has 0 aromatic heterocycles. The molecule has 1 unspecified atom stereocenters. The van der Waals surface area contributed by atoms with E-state index in [4.69, 9.17) is 21.6 Å². The van der Waals surface area contributed by atoms with Gasteiger partial charge < -0.3 is 10.1 Å². The summed E-state index contributed by atoms with van der Waals surface area (Å²) in [6, 6.07) is 7.46. The third kappa shape index (κ3) is 3.23. The van der Waals surface area contributed by atoms with Crippen molar-refractivity contribution in [2.75, 3.05) is 13.2 Å². The topological polar surface area (TPSA) is 45.0 Å². The lowest BCUT2D eigenvalue weighted by molar-refractivity contribution is 0.0207. The van der Waals surface area contributed by atoms with E-state index in [9.17, 15) is 0 Å². The molecule has 1 aliphatic heterocycles. The molecule has 1 saturated heterocycles. The maximum atomic E-state index is 8.77. The Hall–Kier alpha value is -1.08. The number of nitrogens with one attached hydrogen (secondary N) is 1. The Morgan fingerprint density at radius 3 is 3.00 bits per heavy atom.